The summed E-state index contributed by atoms with van der Waals surface area (Å²) < 4.78 is 11.0. The molecule has 1 heterocycles. The van der Waals surface area contributed by atoms with Gasteiger partial charge in [-0.05, 0) is 60.3 Å². The average Bonchev–Trinajstić information content (AvgIpc) is 2.62. The molecule has 4 heteroatoms. The van der Waals surface area contributed by atoms with Crippen molar-refractivity contribution in [3.05, 3.63) is 58.1 Å². The van der Waals surface area contributed by atoms with Crippen LogP contribution in [0.3, 0.4) is 0 Å². The zero-order valence-corrected chi connectivity index (χ0v) is 15.3. The fourth-order valence-electron chi connectivity index (χ4n) is 3.54. The predicted octanol–water partition coefficient (Wildman–Crippen LogP) is 4.52. The molecule has 0 amide bonds. The summed E-state index contributed by atoms with van der Waals surface area (Å²) in [5.41, 5.74) is 4.00. The van der Waals surface area contributed by atoms with Crippen molar-refractivity contribution in [3.8, 4) is 11.5 Å². The second kappa shape index (κ2) is 7.45. The number of methoxy groups -OCH3 is 2. The number of likely N-dealkylation sites (N-methyl/N-ethyl adjacent to an activating group) is 1. The molecule has 0 aromatic heterocycles. The van der Waals surface area contributed by atoms with E-state index in [1.54, 1.807) is 14.2 Å². The van der Waals surface area contributed by atoms with Crippen LogP contribution in [0.5, 0.6) is 11.5 Å². The molecular formula is C20H24ClNO2. The van der Waals surface area contributed by atoms with Crippen molar-refractivity contribution >= 4 is 11.6 Å². The molecule has 0 spiro atoms. The van der Waals surface area contributed by atoms with Gasteiger partial charge in [0.15, 0.2) is 11.5 Å². The minimum Gasteiger partial charge on any atom is -0.493 e. The topological polar surface area (TPSA) is 21.7 Å². The fraction of sp³-hybridized carbons (Fsp3) is 0.400. The molecule has 3 rings (SSSR count). The molecule has 0 N–H and O–H groups in total. The van der Waals surface area contributed by atoms with Gasteiger partial charge in [-0.25, -0.2) is 0 Å². The van der Waals surface area contributed by atoms with Gasteiger partial charge in [-0.3, -0.25) is 4.90 Å². The minimum absolute atomic E-state index is 0.347. The maximum atomic E-state index is 6.02. The van der Waals surface area contributed by atoms with Crippen LogP contribution in [0.2, 0.25) is 5.02 Å². The molecule has 3 nitrogen and oxygen atoms in total. The Morgan fingerprint density at radius 2 is 1.75 bits per heavy atom. The molecule has 1 aliphatic rings. The largest absolute Gasteiger partial charge is 0.493 e. The van der Waals surface area contributed by atoms with Crippen LogP contribution in [-0.2, 0) is 12.8 Å². The number of benzene rings is 2. The first-order valence-corrected chi connectivity index (χ1v) is 8.77. The normalized spacial score (nSPS) is 17.4. The van der Waals surface area contributed by atoms with Gasteiger partial charge in [0.05, 0.1) is 14.2 Å². The first kappa shape index (κ1) is 17.1. The SMILES string of the molecule is CCN1CCc2cc(OC)c(OC)cc2[C@H]1Cc1ccc(Cl)cc1. The number of hydrogen-bond donors (Lipinski definition) is 0. The van der Waals surface area contributed by atoms with Gasteiger partial charge in [-0.2, -0.15) is 0 Å². The average molecular weight is 346 g/mol. The molecule has 0 bridgehead atoms. The summed E-state index contributed by atoms with van der Waals surface area (Å²) in [5, 5.41) is 0.779. The number of nitrogens with zero attached hydrogens (tertiary/aromatic N) is 1. The molecule has 2 aromatic carbocycles. The van der Waals surface area contributed by atoms with E-state index in [0.717, 1.165) is 42.5 Å². The zero-order valence-electron chi connectivity index (χ0n) is 14.5. The summed E-state index contributed by atoms with van der Waals surface area (Å²) in [7, 11) is 3.38. The third kappa shape index (κ3) is 3.38. The van der Waals surface area contributed by atoms with Gasteiger partial charge in [0.25, 0.3) is 0 Å². The third-order valence-electron chi connectivity index (χ3n) is 4.86. The molecular weight excluding hydrogens is 322 g/mol. The summed E-state index contributed by atoms with van der Waals surface area (Å²) in [5.74, 6) is 1.61. The molecule has 0 fully saturated rings. The lowest BCUT2D eigenvalue weighted by molar-refractivity contribution is 0.193. The quantitative estimate of drug-likeness (QED) is 0.795. The van der Waals surface area contributed by atoms with E-state index in [1.165, 1.54) is 16.7 Å². The van der Waals surface area contributed by atoms with Gasteiger partial charge in [-0.15, -0.1) is 0 Å². The van der Waals surface area contributed by atoms with Gasteiger partial charge in [0.2, 0.25) is 0 Å². The third-order valence-corrected chi connectivity index (χ3v) is 5.11. The zero-order chi connectivity index (χ0) is 17.1. The van der Waals surface area contributed by atoms with E-state index in [4.69, 9.17) is 21.1 Å². The molecule has 0 radical (unpaired) electrons. The number of rotatable bonds is 5. The summed E-state index contributed by atoms with van der Waals surface area (Å²) in [6, 6.07) is 12.8. The van der Waals surface area contributed by atoms with E-state index < -0.39 is 0 Å². The predicted molar refractivity (Wildman–Crippen MR) is 98.4 cm³/mol. The van der Waals surface area contributed by atoms with Gasteiger partial charge in [-0.1, -0.05) is 30.7 Å². The molecule has 0 saturated heterocycles. The molecule has 1 aliphatic heterocycles. The Kier molecular flexibility index (Phi) is 5.32. The Labute approximate surface area is 149 Å². The van der Waals surface area contributed by atoms with Crippen LogP contribution in [0.15, 0.2) is 36.4 Å². The lowest BCUT2D eigenvalue weighted by atomic mass is 9.88. The summed E-state index contributed by atoms with van der Waals surface area (Å²) in [6.07, 6.45) is 2.01. The van der Waals surface area contributed by atoms with Crippen LogP contribution in [0.25, 0.3) is 0 Å². The molecule has 2 aromatic rings. The van der Waals surface area contributed by atoms with Crippen LogP contribution in [0.1, 0.15) is 29.7 Å². The van der Waals surface area contributed by atoms with Crippen LogP contribution in [0.4, 0.5) is 0 Å². The monoisotopic (exact) mass is 345 g/mol. The van der Waals surface area contributed by atoms with Gasteiger partial charge >= 0.3 is 0 Å². The van der Waals surface area contributed by atoms with E-state index in [1.807, 2.05) is 12.1 Å². The van der Waals surface area contributed by atoms with Crippen LogP contribution < -0.4 is 9.47 Å². The fourth-order valence-corrected chi connectivity index (χ4v) is 3.67. The number of fused-ring (bicyclic) bond motifs is 1. The first-order valence-electron chi connectivity index (χ1n) is 8.39. The highest BCUT2D eigenvalue weighted by atomic mass is 35.5. The minimum atomic E-state index is 0.347. The lowest BCUT2D eigenvalue weighted by Gasteiger charge is -2.37. The first-order chi connectivity index (χ1) is 11.7. The van der Waals surface area contributed by atoms with Crippen molar-refractivity contribution in [2.75, 3.05) is 27.3 Å². The van der Waals surface area contributed by atoms with Gasteiger partial charge in [0, 0.05) is 17.6 Å². The molecule has 0 aliphatic carbocycles. The van der Waals surface area contributed by atoms with Gasteiger partial charge in [0.1, 0.15) is 0 Å². The Morgan fingerprint density at radius 1 is 1.08 bits per heavy atom. The van der Waals surface area contributed by atoms with Crippen LogP contribution >= 0.6 is 11.6 Å². The number of hydrogen-bond acceptors (Lipinski definition) is 3. The lowest BCUT2D eigenvalue weighted by Crippen LogP contribution is -2.36. The van der Waals surface area contributed by atoms with Crippen molar-refractivity contribution < 1.29 is 9.47 Å². The Bertz CT molecular complexity index is 700. The van der Waals surface area contributed by atoms with E-state index in [-0.39, 0.29) is 0 Å². The summed E-state index contributed by atoms with van der Waals surface area (Å²) in [4.78, 5) is 2.53. The smallest absolute Gasteiger partial charge is 0.161 e. The van der Waals surface area contributed by atoms with Gasteiger partial charge < -0.3 is 9.47 Å². The van der Waals surface area contributed by atoms with Crippen molar-refractivity contribution in [3.63, 3.8) is 0 Å². The van der Waals surface area contributed by atoms with E-state index in [2.05, 4.69) is 36.1 Å². The van der Waals surface area contributed by atoms with Crippen LogP contribution in [0, 0.1) is 0 Å². The molecule has 24 heavy (non-hydrogen) atoms. The maximum absolute atomic E-state index is 6.02. The van der Waals surface area contributed by atoms with Crippen molar-refractivity contribution in [1.82, 2.24) is 4.90 Å². The van der Waals surface area contributed by atoms with E-state index >= 15 is 0 Å². The highest BCUT2D eigenvalue weighted by molar-refractivity contribution is 6.30. The second-order valence-electron chi connectivity index (χ2n) is 6.13. The highest BCUT2D eigenvalue weighted by Gasteiger charge is 2.28. The van der Waals surface area contributed by atoms with Crippen molar-refractivity contribution in [1.29, 1.82) is 0 Å². The number of halogens is 1. The van der Waals surface area contributed by atoms with E-state index in [0.29, 0.717) is 6.04 Å². The Morgan fingerprint density at radius 3 is 2.38 bits per heavy atom. The van der Waals surface area contributed by atoms with Crippen LogP contribution in [-0.4, -0.2) is 32.2 Å². The number of ether oxygens (including phenoxy) is 2. The Hall–Kier alpha value is -1.71. The maximum Gasteiger partial charge on any atom is 0.161 e. The highest BCUT2D eigenvalue weighted by Crippen LogP contribution is 2.39. The standard InChI is InChI=1S/C20H24ClNO2/c1-4-22-10-9-15-12-19(23-2)20(24-3)13-17(15)18(22)11-14-5-7-16(21)8-6-14/h5-8,12-13,18H,4,9-11H2,1-3H3/t18-/m1/s1. The molecule has 0 saturated carbocycles. The van der Waals surface area contributed by atoms with Crippen molar-refractivity contribution in [2.45, 2.75) is 25.8 Å². The summed E-state index contributed by atoms with van der Waals surface area (Å²) in [6.45, 7) is 4.32. The van der Waals surface area contributed by atoms with Crippen molar-refractivity contribution in [2.24, 2.45) is 0 Å². The molecule has 0 unspecified atom stereocenters. The Balaban J connectivity index is 1.99. The summed E-state index contributed by atoms with van der Waals surface area (Å²) >= 11 is 6.02. The molecule has 128 valence electrons. The van der Waals surface area contributed by atoms with E-state index in [9.17, 15) is 0 Å². The second-order valence-corrected chi connectivity index (χ2v) is 6.57. The molecule has 1 atom stereocenters.